The maximum atomic E-state index is 15.5. The molecule has 3 aromatic carbocycles. The normalized spacial score (nSPS) is 17.6. The SMILES string of the molecule is C=S(=O)(Cc1ccccc1)Nc1cccc(-c2ccc3nc(N[C@H]4CCCNC4)ncc3c2)c1F. The Labute approximate surface area is 205 Å². The van der Waals surface area contributed by atoms with E-state index in [9.17, 15) is 4.21 Å². The molecule has 6 nitrogen and oxygen atoms in total. The summed E-state index contributed by atoms with van der Waals surface area (Å²) in [6, 6.07) is 20.3. The quantitative estimate of drug-likeness (QED) is 0.324. The number of nitrogens with one attached hydrogen (secondary N) is 3. The largest absolute Gasteiger partial charge is 0.350 e. The molecule has 1 fully saturated rings. The molecule has 35 heavy (non-hydrogen) atoms. The topological polar surface area (TPSA) is 78.9 Å². The third-order valence-corrected chi connectivity index (χ3v) is 7.45. The third kappa shape index (κ3) is 5.61. The molecule has 0 radical (unpaired) electrons. The van der Waals surface area contributed by atoms with Gasteiger partial charge in [0, 0.05) is 39.4 Å². The molecule has 2 heterocycles. The van der Waals surface area contributed by atoms with Gasteiger partial charge in [-0.25, -0.2) is 18.6 Å². The number of rotatable bonds is 7. The predicted molar refractivity (Wildman–Crippen MR) is 143 cm³/mol. The van der Waals surface area contributed by atoms with E-state index >= 15 is 4.39 Å². The first-order chi connectivity index (χ1) is 17.0. The molecular weight excluding hydrogens is 461 g/mol. The van der Waals surface area contributed by atoms with Gasteiger partial charge in [-0.15, -0.1) is 0 Å². The van der Waals surface area contributed by atoms with Crippen molar-refractivity contribution in [1.29, 1.82) is 0 Å². The van der Waals surface area contributed by atoms with Gasteiger partial charge in [0.05, 0.1) is 17.0 Å². The summed E-state index contributed by atoms with van der Waals surface area (Å²) in [7, 11) is -2.78. The lowest BCUT2D eigenvalue weighted by Gasteiger charge is -2.23. The standard InChI is InChI=1S/C27H28FN5OS/c1-35(34,18-19-7-3-2-4-8-19)33-25-11-5-10-23(26(25)28)20-12-13-24-21(15-20)16-30-27(32-24)31-22-9-6-14-29-17-22/h2-5,7-8,10-13,15-16,22,29H,1,6,9,14,17-18H2,(H,33,34)(H,30,31,32)/t22-,35?/m0/s1. The highest BCUT2D eigenvalue weighted by molar-refractivity contribution is 8.00. The molecule has 4 aromatic rings. The second-order valence-electron chi connectivity index (χ2n) is 8.87. The van der Waals surface area contributed by atoms with E-state index in [0.717, 1.165) is 42.4 Å². The summed E-state index contributed by atoms with van der Waals surface area (Å²) in [5.74, 6) is 4.15. The van der Waals surface area contributed by atoms with Gasteiger partial charge in [0.1, 0.15) is 0 Å². The molecule has 5 rings (SSSR count). The fourth-order valence-corrected chi connectivity index (χ4v) is 5.70. The van der Waals surface area contributed by atoms with E-state index in [-0.39, 0.29) is 11.4 Å². The van der Waals surface area contributed by atoms with Crippen LogP contribution >= 0.6 is 0 Å². The molecule has 1 saturated heterocycles. The van der Waals surface area contributed by atoms with E-state index in [1.807, 2.05) is 48.5 Å². The van der Waals surface area contributed by atoms with Crippen molar-refractivity contribution >= 4 is 38.1 Å². The first-order valence-electron chi connectivity index (χ1n) is 11.7. The van der Waals surface area contributed by atoms with Gasteiger partial charge in [0.15, 0.2) is 5.82 Å². The molecule has 1 aromatic heterocycles. The highest BCUT2D eigenvalue weighted by atomic mass is 32.2. The molecule has 180 valence electrons. The fraction of sp³-hybridized carbons (Fsp3) is 0.222. The Bertz CT molecular complexity index is 1440. The number of halogens is 1. The minimum absolute atomic E-state index is 0.162. The summed E-state index contributed by atoms with van der Waals surface area (Å²) in [5.41, 5.74) is 2.92. The molecule has 1 aliphatic rings. The lowest BCUT2D eigenvalue weighted by Crippen LogP contribution is -2.38. The summed E-state index contributed by atoms with van der Waals surface area (Å²) in [6.07, 6.45) is 3.97. The van der Waals surface area contributed by atoms with Crippen molar-refractivity contribution in [2.24, 2.45) is 0 Å². The van der Waals surface area contributed by atoms with Crippen LogP contribution in [-0.4, -0.2) is 39.2 Å². The molecule has 1 unspecified atom stereocenters. The van der Waals surface area contributed by atoms with E-state index in [2.05, 4.69) is 31.2 Å². The van der Waals surface area contributed by atoms with Crippen molar-refractivity contribution in [3.05, 3.63) is 84.3 Å². The fourth-order valence-electron chi connectivity index (χ4n) is 4.34. The van der Waals surface area contributed by atoms with Crippen molar-refractivity contribution in [2.45, 2.75) is 24.6 Å². The predicted octanol–water partition coefficient (Wildman–Crippen LogP) is 4.84. The number of anilines is 2. The van der Waals surface area contributed by atoms with Crippen LogP contribution in [0.3, 0.4) is 0 Å². The maximum absolute atomic E-state index is 15.5. The molecule has 0 spiro atoms. The Hall–Kier alpha value is -3.49. The van der Waals surface area contributed by atoms with Gasteiger partial charge in [-0.3, -0.25) is 0 Å². The monoisotopic (exact) mass is 489 g/mol. The van der Waals surface area contributed by atoms with Crippen LogP contribution in [0.4, 0.5) is 16.0 Å². The second-order valence-corrected chi connectivity index (χ2v) is 11.0. The van der Waals surface area contributed by atoms with E-state index in [1.54, 1.807) is 24.4 Å². The zero-order valence-corrected chi connectivity index (χ0v) is 20.2. The molecule has 0 aliphatic carbocycles. The van der Waals surface area contributed by atoms with Crippen molar-refractivity contribution in [2.75, 3.05) is 23.1 Å². The van der Waals surface area contributed by atoms with E-state index < -0.39 is 15.5 Å². The number of benzene rings is 3. The first kappa shape index (κ1) is 23.3. The van der Waals surface area contributed by atoms with Crippen LogP contribution in [0.1, 0.15) is 18.4 Å². The van der Waals surface area contributed by atoms with Crippen molar-refractivity contribution in [3.8, 4) is 11.1 Å². The molecule has 3 N–H and O–H groups in total. The maximum Gasteiger partial charge on any atom is 0.223 e. The molecule has 0 saturated carbocycles. The van der Waals surface area contributed by atoms with Gasteiger partial charge in [-0.2, -0.15) is 0 Å². The second kappa shape index (κ2) is 10.0. The number of piperidine rings is 1. The van der Waals surface area contributed by atoms with Gasteiger partial charge >= 0.3 is 0 Å². The summed E-state index contributed by atoms with van der Waals surface area (Å²) in [6.45, 7) is 1.95. The van der Waals surface area contributed by atoms with Crippen LogP contribution in [0.25, 0.3) is 22.0 Å². The molecular formula is C27H28FN5OS. The van der Waals surface area contributed by atoms with Gasteiger partial charge in [0.2, 0.25) is 5.95 Å². The number of hydrogen-bond donors (Lipinski definition) is 3. The highest BCUT2D eigenvalue weighted by Crippen LogP contribution is 2.30. The van der Waals surface area contributed by atoms with Crippen LogP contribution in [-0.2, 0) is 15.5 Å². The Morgan fingerprint density at radius 3 is 2.77 bits per heavy atom. The minimum Gasteiger partial charge on any atom is -0.350 e. The van der Waals surface area contributed by atoms with Gasteiger partial charge in [-0.05, 0) is 54.6 Å². The van der Waals surface area contributed by atoms with Crippen LogP contribution < -0.4 is 15.4 Å². The number of hydrogen-bond acceptors (Lipinski definition) is 5. The van der Waals surface area contributed by atoms with Gasteiger partial charge in [-0.1, -0.05) is 48.5 Å². The molecule has 0 bridgehead atoms. The van der Waals surface area contributed by atoms with Gasteiger partial charge in [0.25, 0.3) is 0 Å². The summed E-state index contributed by atoms with van der Waals surface area (Å²) in [4.78, 5) is 9.09. The van der Waals surface area contributed by atoms with E-state index in [0.29, 0.717) is 23.1 Å². The lowest BCUT2D eigenvalue weighted by molar-refractivity contribution is 0.478. The minimum atomic E-state index is -2.78. The van der Waals surface area contributed by atoms with Crippen LogP contribution in [0.5, 0.6) is 0 Å². The molecule has 8 heteroatoms. The number of nitrogens with zero attached hydrogens (tertiary/aromatic N) is 2. The Balaban J connectivity index is 1.37. The van der Waals surface area contributed by atoms with Gasteiger partial charge < -0.3 is 15.4 Å². The van der Waals surface area contributed by atoms with E-state index in [4.69, 9.17) is 0 Å². The Morgan fingerprint density at radius 1 is 1.11 bits per heavy atom. The highest BCUT2D eigenvalue weighted by Gasteiger charge is 2.16. The Kier molecular flexibility index (Phi) is 6.66. The van der Waals surface area contributed by atoms with Crippen LogP contribution in [0.2, 0.25) is 0 Å². The number of aromatic nitrogens is 2. The average Bonchev–Trinajstić information content (AvgIpc) is 2.86. The molecule has 0 amide bonds. The van der Waals surface area contributed by atoms with Crippen LogP contribution in [0.15, 0.2) is 72.9 Å². The van der Waals surface area contributed by atoms with Crippen LogP contribution in [0, 0.1) is 5.82 Å². The third-order valence-electron chi connectivity index (χ3n) is 6.06. The number of fused-ring (bicyclic) bond motifs is 1. The van der Waals surface area contributed by atoms with Crippen molar-refractivity contribution in [1.82, 2.24) is 15.3 Å². The zero-order valence-electron chi connectivity index (χ0n) is 19.3. The molecule has 1 aliphatic heterocycles. The smallest absolute Gasteiger partial charge is 0.223 e. The summed E-state index contributed by atoms with van der Waals surface area (Å²) < 4.78 is 31.4. The summed E-state index contributed by atoms with van der Waals surface area (Å²) in [5, 5.41) is 7.58. The average molecular weight is 490 g/mol. The van der Waals surface area contributed by atoms with Crippen molar-refractivity contribution < 1.29 is 8.60 Å². The summed E-state index contributed by atoms with van der Waals surface area (Å²) >= 11 is 0. The lowest BCUT2D eigenvalue weighted by atomic mass is 10.0. The zero-order chi connectivity index (χ0) is 24.3. The van der Waals surface area contributed by atoms with E-state index in [1.165, 1.54) is 0 Å². The van der Waals surface area contributed by atoms with Crippen molar-refractivity contribution in [3.63, 3.8) is 0 Å². The Morgan fingerprint density at radius 2 is 1.97 bits per heavy atom. The molecule has 2 atom stereocenters. The first-order valence-corrected chi connectivity index (χ1v) is 13.6.